The largest absolute Gasteiger partial charge is 0.508 e. The lowest BCUT2D eigenvalue weighted by Gasteiger charge is -1.97. The zero-order valence-electron chi connectivity index (χ0n) is 6.86. The van der Waals surface area contributed by atoms with E-state index < -0.39 is 0 Å². The van der Waals surface area contributed by atoms with E-state index in [1.165, 1.54) is 0 Å². The van der Waals surface area contributed by atoms with Crippen LogP contribution in [0.4, 0.5) is 0 Å². The molecular weight excluding hydrogens is 166 g/mol. The summed E-state index contributed by atoms with van der Waals surface area (Å²) >= 11 is 0. The molecular formula is C10H9NO2. The topological polar surface area (TPSA) is 56.2 Å². The molecule has 1 aromatic carbocycles. The molecule has 0 atom stereocenters. The van der Waals surface area contributed by atoms with Gasteiger partial charge in [-0.1, -0.05) is 0 Å². The Morgan fingerprint density at radius 3 is 2.08 bits per heavy atom. The van der Waals surface area contributed by atoms with Gasteiger partial charge >= 0.3 is 0 Å². The molecule has 0 saturated carbocycles. The maximum absolute atomic E-state index is 9.06. The fourth-order valence-electron chi connectivity index (χ4n) is 1.19. The van der Waals surface area contributed by atoms with Crippen molar-refractivity contribution in [2.75, 3.05) is 0 Å². The summed E-state index contributed by atoms with van der Waals surface area (Å²) in [5, 5.41) is 18.1. The highest BCUT2D eigenvalue weighted by Gasteiger charge is 1.99. The zero-order chi connectivity index (χ0) is 9.26. The lowest BCUT2D eigenvalue weighted by atomic mass is 10.1. The number of rotatable bonds is 1. The quantitative estimate of drug-likeness (QED) is 0.621. The number of hydrogen-bond donors (Lipinski definition) is 3. The first-order chi connectivity index (χ1) is 6.25. The van der Waals surface area contributed by atoms with Gasteiger partial charge in [-0.2, -0.15) is 0 Å². The first-order valence-corrected chi connectivity index (χ1v) is 3.93. The average Bonchev–Trinajstić information content (AvgIpc) is 2.53. The third kappa shape index (κ3) is 1.49. The van der Waals surface area contributed by atoms with Crippen molar-refractivity contribution in [3.8, 4) is 22.9 Å². The van der Waals surface area contributed by atoms with Gasteiger partial charge in [-0.3, -0.25) is 0 Å². The van der Waals surface area contributed by atoms with Crippen LogP contribution in [0.2, 0.25) is 0 Å². The number of nitrogens with one attached hydrogen (secondary N) is 1. The second-order valence-electron chi connectivity index (χ2n) is 2.80. The number of aromatic hydroxyl groups is 2. The molecule has 3 nitrogen and oxygen atoms in total. The Morgan fingerprint density at radius 1 is 0.846 bits per heavy atom. The molecule has 0 aliphatic rings. The Bertz CT molecular complexity index is 403. The normalized spacial score (nSPS) is 10.2. The number of hydrogen-bond acceptors (Lipinski definition) is 2. The van der Waals surface area contributed by atoms with Gasteiger partial charge in [-0.25, -0.2) is 0 Å². The van der Waals surface area contributed by atoms with Crippen molar-refractivity contribution in [1.82, 2.24) is 4.98 Å². The van der Waals surface area contributed by atoms with Crippen molar-refractivity contribution in [3.05, 3.63) is 36.4 Å². The van der Waals surface area contributed by atoms with Crippen LogP contribution in [0.3, 0.4) is 0 Å². The second-order valence-corrected chi connectivity index (χ2v) is 2.80. The molecule has 0 aliphatic heterocycles. The summed E-state index contributed by atoms with van der Waals surface area (Å²) in [5.74, 6) is 0.377. The van der Waals surface area contributed by atoms with Gasteiger partial charge in [0.1, 0.15) is 5.75 Å². The van der Waals surface area contributed by atoms with Gasteiger partial charge in [0.2, 0.25) is 0 Å². The maximum atomic E-state index is 9.06. The fourth-order valence-corrected chi connectivity index (χ4v) is 1.19. The standard InChI is InChI=1S/C10H9NO2/c12-8-3-1-7(2-4-8)9-5-6-10(13)11-9/h1-6,11-13H. The Kier molecular flexibility index (Phi) is 1.70. The number of phenolic OH excluding ortho intramolecular Hbond substituents is 1. The van der Waals surface area contributed by atoms with E-state index in [0.717, 1.165) is 11.3 Å². The fraction of sp³-hybridized carbons (Fsp3) is 0. The lowest BCUT2D eigenvalue weighted by Crippen LogP contribution is -1.75. The third-order valence-corrected chi connectivity index (χ3v) is 1.85. The Labute approximate surface area is 75.3 Å². The molecule has 0 spiro atoms. The van der Waals surface area contributed by atoms with Crippen molar-refractivity contribution < 1.29 is 10.2 Å². The van der Waals surface area contributed by atoms with Crippen LogP contribution in [0.1, 0.15) is 0 Å². The molecule has 3 heteroatoms. The maximum Gasteiger partial charge on any atom is 0.188 e. The minimum Gasteiger partial charge on any atom is -0.508 e. The molecule has 1 heterocycles. The van der Waals surface area contributed by atoms with Crippen molar-refractivity contribution >= 4 is 0 Å². The van der Waals surface area contributed by atoms with Crippen LogP contribution in [0.5, 0.6) is 11.6 Å². The molecule has 0 amide bonds. The number of H-pyrrole nitrogens is 1. The van der Waals surface area contributed by atoms with Crippen LogP contribution in [0.15, 0.2) is 36.4 Å². The summed E-state index contributed by atoms with van der Waals surface area (Å²) < 4.78 is 0. The number of aromatic amines is 1. The summed E-state index contributed by atoms with van der Waals surface area (Å²) in [5.41, 5.74) is 1.76. The van der Waals surface area contributed by atoms with Gasteiger partial charge in [-0.15, -0.1) is 0 Å². The van der Waals surface area contributed by atoms with E-state index in [4.69, 9.17) is 10.2 Å². The third-order valence-electron chi connectivity index (χ3n) is 1.85. The van der Waals surface area contributed by atoms with E-state index in [-0.39, 0.29) is 11.6 Å². The summed E-state index contributed by atoms with van der Waals surface area (Å²) in [6.07, 6.45) is 0. The highest BCUT2D eigenvalue weighted by Crippen LogP contribution is 2.22. The van der Waals surface area contributed by atoms with Crippen LogP contribution in [-0.2, 0) is 0 Å². The van der Waals surface area contributed by atoms with E-state index >= 15 is 0 Å². The molecule has 1 aromatic heterocycles. The summed E-state index contributed by atoms with van der Waals surface area (Å²) in [7, 11) is 0. The molecule has 0 radical (unpaired) electrons. The van der Waals surface area contributed by atoms with Crippen LogP contribution in [0, 0.1) is 0 Å². The highest BCUT2D eigenvalue weighted by atomic mass is 16.3. The molecule has 66 valence electrons. The van der Waals surface area contributed by atoms with Crippen LogP contribution < -0.4 is 0 Å². The predicted octanol–water partition coefficient (Wildman–Crippen LogP) is 2.09. The summed E-state index contributed by atoms with van der Waals surface area (Å²) in [4.78, 5) is 2.79. The van der Waals surface area contributed by atoms with Crippen molar-refractivity contribution in [1.29, 1.82) is 0 Å². The first-order valence-electron chi connectivity index (χ1n) is 3.93. The van der Waals surface area contributed by atoms with Gasteiger partial charge in [0.05, 0.1) is 0 Å². The number of aromatic nitrogens is 1. The molecule has 2 rings (SSSR count). The minimum absolute atomic E-state index is 0.142. The molecule has 0 saturated heterocycles. The SMILES string of the molecule is Oc1ccc(-c2ccc(O)[nH]2)cc1. The Balaban J connectivity index is 2.41. The van der Waals surface area contributed by atoms with E-state index in [2.05, 4.69) is 4.98 Å². The molecule has 0 fully saturated rings. The summed E-state index contributed by atoms with van der Waals surface area (Å²) in [6, 6.07) is 10.1. The van der Waals surface area contributed by atoms with Crippen molar-refractivity contribution in [2.24, 2.45) is 0 Å². The van der Waals surface area contributed by atoms with Gasteiger partial charge < -0.3 is 15.2 Å². The molecule has 3 N–H and O–H groups in total. The Hall–Kier alpha value is -1.90. The van der Waals surface area contributed by atoms with Crippen LogP contribution in [-0.4, -0.2) is 15.2 Å². The van der Waals surface area contributed by atoms with Gasteiger partial charge in [0.15, 0.2) is 5.88 Å². The predicted molar refractivity (Wildman–Crippen MR) is 49.6 cm³/mol. The van der Waals surface area contributed by atoms with Gasteiger partial charge in [0.25, 0.3) is 0 Å². The van der Waals surface area contributed by atoms with E-state index in [9.17, 15) is 0 Å². The van der Waals surface area contributed by atoms with Crippen LogP contribution in [0.25, 0.3) is 11.3 Å². The minimum atomic E-state index is 0.142. The van der Waals surface area contributed by atoms with Crippen molar-refractivity contribution in [2.45, 2.75) is 0 Å². The smallest absolute Gasteiger partial charge is 0.188 e. The summed E-state index contributed by atoms with van der Waals surface area (Å²) in [6.45, 7) is 0. The van der Waals surface area contributed by atoms with Gasteiger partial charge in [0, 0.05) is 11.8 Å². The monoisotopic (exact) mass is 175 g/mol. The van der Waals surface area contributed by atoms with E-state index in [1.807, 2.05) is 0 Å². The number of phenols is 1. The molecule has 2 aromatic rings. The van der Waals surface area contributed by atoms with E-state index in [1.54, 1.807) is 36.4 Å². The Morgan fingerprint density at radius 2 is 1.54 bits per heavy atom. The lowest BCUT2D eigenvalue weighted by molar-refractivity contribution is 0.457. The molecule has 0 aliphatic carbocycles. The average molecular weight is 175 g/mol. The molecule has 13 heavy (non-hydrogen) atoms. The van der Waals surface area contributed by atoms with E-state index in [0.29, 0.717) is 0 Å². The van der Waals surface area contributed by atoms with Gasteiger partial charge in [-0.05, 0) is 35.9 Å². The highest BCUT2D eigenvalue weighted by molar-refractivity contribution is 5.61. The second kappa shape index (κ2) is 2.86. The molecule has 0 bridgehead atoms. The van der Waals surface area contributed by atoms with Crippen molar-refractivity contribution in [3.63, 3.8) is 0 Å². The number of benzene rings is 1. The molecule has 0 unspecified atom stereocenters. The zero-order valence-corrected chi connectivity index (χ0v) is 6.86. The first kappa shape index (κ1) is 7.73. The van der Waals surface area contributed by atoms with Crippen LogP contribution >= 0.6 is 0 Å².